The van der Waals surface area contributed by atoms with Crippen LogP contribution in [0.3, 0.4) is 0 Å². The summed E-state index contributed by atoms with van der Waals surface area (Å²) in [5.74, 6) is -6.13. The van der Waals surface area contributed by atoms with Gasteiger partial charge in [-0.05, 0) is 36.8 Å². The monoisotopic (exact) mass is 626 g/mol. The Hall–Kier alpha value is -4.95. The molecule has 9 N–H and O–H groups in total. The number of aromatic amines is 1. The van der Waals surface area contributed by atoms with E-state index in [-0.39, 0.29) is 25.3 Å². The Kier molecular flexibility index (Phi) is 12.0. The maximum atomic E-state index is 14.1. The van der Waals surface area contributed by atoms with Gasteiger partial charge in [0, 0.05) is 43.0 Å². The normalized spacial score (nSPS) is 22.3. The van der Waals surface area contributed by atoms with Gasteiger partial charge in [-0.2, -0.15) is 0 Å². The predicted molar refractivity (Wildman–Crippen MR) is 166 cm³/mol. The summed E-state index contributed by atoms with van der Waals surface area (Å²) in [5.41, 5.74) is 12.3. The van der Waals surface area contributed by atoms with Gasteiger partial charge in [-0.15, -0.1) is 0 Å². The van der Waals surface area contributed by atoms with E-state index in [0.29, 0.717) is 6.42 Å². The summed E-state index contributed by atoms with van der Waals surface area (Å²) in [4.78, 5) is 87.2. The third kappa shape index (κ3) is 9.52. The number of fused-ring (bicyclic) bond motifs is 1. The van der Waals surface area contributed by atoms with E-state index >= 15 is 0 Å². The quantitative estimate of drug-likeness (QED) is 0.107. The van der Waals surface area contributed by atoms with Crippen molar-refractivity contribution >= 4 is 52.2 Å². The van der Waals surface area contributed by atoms with Crippen LogP contribution in [0.25, 0.3) is 10.9 Å². The first kappa shape index (κ1) is 34.5. The van der Waals surface area contributed by atoms with E-state index < -0.39 is 84.7 Å². The van der Waals surface area contributed by atoms with Gasteiger partial charge < -0.3 is 42.4 Å². The third-order valence-electron chi connectivity index (χ3n) is 7.71. The number of likely N-dealkylation sites (N-methyl/N-ethyl adjacent to an activating group) is 1. The van der Waals surface area contributed by atoms with Gasteiger partial charge in [0.25, 0.3) is 0 Å². The molecule has 15 nitrogen and oxygen atoms in total. The number of hydrogen-bond donors (Lipinski definition) is 7. The number of guanidine groups is 1. The first-order chi connectivity index (χ1) is 21.3. The van der Waals surface area contributed by atoms with Crippen molar-refractivity contribution in [1.82, 2.24) is 25.8 Å². The van der Waals surface area contributed by atoms with Crippen molar-refractivity contribution in [2.24, 2.45) is 28.3 Å². The van der Waals surface area contributed by atoms with Crippen LogP contribution in [-0.2, 0) is 35.2 Å². The summed E-state index contributed by atoms with van der Waals surface area (Å²) >= 11 is 0. The highest BCUT2D eigenvalue weighted by molar-refractivity contribution is 5.98. The van der Waals surface area contributed by atoms with Crippen LogP contribution in [0.2, 0.25) is 0 Å². The molecule has 0 aliphatic carbocycles. The molecule has 4 amide bonds. The van der Waals surface area contributed by atoms with E-state index in [4.69, 9.17) is 11.5 Å². The van der Waals surface area contributed by atoms with E-state index in [1.807, 2.05) is 24.3 Å². The molecular weight excluding hydrogens is 584 g/mol. The molecule has 244 valence electrons. The van der Waals surface area contributed by atoms with Crippen molar-refractivity contribution in [3.05, 3.63) is 36.0 Å². The molecule has 1 aliphatic rings. The van der Waals surface area contributed by atoms with Crippen LogP contribution in [-0.4, -0.2) is 94.6 Å². The fraction of sp³-hybridized carbons (Fsp3) is 0.500. The summed E-state index contributed by atoms with van der Waals surface area (Å²) in [6.45, 7) is 3.11. The second-order valence-electron chi connectivity index (χ2n) is 11.5. The van der Waals surface area contributed by atoms with Gasteiger partial charge in [0.05, 0.1) is 19.0 Å². The number of Topliss-reactive ketones (excluding diaryl/α,β-unsaturated/α-hetero) is 1. The summed E-state index contributed by atoms with van der Waals surface area (Å²) in [6.07, 6.45) is 1.16. The van der Waals surface area contributed by atoms with Gasteiger partial charge in [-0.25, -0.2) is 0 Å². The Bertz CT molecular complexity index is 1450. The highest BCUT2D eigenvalue weighted by atomic mass is 16.4. The number of rotatable bonds is 9. The zero-order valence-electron chi connectivity index (χ0n) is 25.7. The molecule has 1 saturated heterocycles. The number of carboxylic acid groups (broad SMARTS) is 1. The lowest BCUT2D eigenvalue weighted by atomic mass is 9.89. The molecule has 1 fully saturated rings. The van der Waals surface area contributed by atoms with E-state index in [0.717, 1.165) is 16.5 Å². The fourth-order valence-corrected chi connectivity index (χ4v) is 5.53. The first-order valence-corrected chi connectivity index (χ1v) is 14.8. The van der Waals surface area contributed by atoms with E-state index in [9.17, 15) is 33.9 Å². The number of aromatic nitrogens is 1. The minimum absolute atomic E-state index is 0.104. The number of nitrogens with zero attached hydrogens (tertiary/aromatic N) is 2. The van der Waals surface area contributed by atoms with Gasteiger partial charge in [0.1, 0.15) is 12.1 Å². The molecule has 1 aromatic heterocycles. The van der Waals surface area contributed by atoms with Crippen molar-refractivity contribution in [2.75, 3.05) is 20.1 Å². The van der Waals surface area contributed by atoms with Crippen LogP contribution < -0.4 is 27.4 Å². The highest BCUT2D eigenvalue weighted by Crippen LogP contribution is 2.25. The van der Waals surface area contributed by atoms with Gasteiger partial charge >= 0.3 is 5.97 Å². The third-order valence-corrected chi connectivity index (χ3v) is 7.71. The number of ketones is 1. The molecule has 1 aliphatic heterocycles. The molecular formula is C30H42N8O7. The lowest BCUT2D eigenvalue weighted by Gasteiger charge is -2.34. The molecule has 0 radical (unpaired) electrons. The summed E-state index contributed by atoms with van der Waals surface area (Å²) in [6, 6.07) is 3.87. The summed E-state index contributed by atoms with van der Waals surface area (Å²) in [7, 11) is 1.46. The molecule has 3 rings (SSSR count). The van der Waals surface area contributed by atoms with Crippen LogP contribution in [0.15, 0.2) is 35.5 Å². The molecule has 45 heavy (non-hydrogen) atoms. The second-order valence-corrected chi connectivity index (χ2v) is 11.5. The SMILES string of the molecule is CC(C)C1C(=O)NC(CCCN=C(N)N)C(=O)NCC(=O)NC(CC(=O)O)C(=O)CC(Cc2c[nH]c3ccccc23)C(=O)N1C. The van der Waals surface area contributed by atoms with Crippen LogP contribution >= 0.6 is 0 Å². The molecule has 0 bridgehead atoms. The largest absolute Gasteiger partial charge is 0.481 e. The van der Waals surface area contributed by atoms with Gasteiger partial charge in [0.2, 0.25) is 23.6 Å². The van der Waals surface area contributed by atoms with E-state index in [1.54, 1.807) is 20.0 Å². The van der Waals surface area contributed by atoms with Crippen molar-refractivity contribution < 1.29 is 33.9 Å². The standard InChI is InChI=1S/C30H42N8O7/c1-16(2)26-28(44)37-21(9-6-10-33-30(31)32)27(43)35-15-24(40)36-22(13-25(41)42)23(39)12-17(29(45)38(26)3)11-18-14-34-20-8-5-4-7-19(18)20/h4-5,7-8,14,16-17,21-22,26,34H,6,9-13,15H2,1-3H3,(H,35,43)(H,36,40)(H,37,44)(H,41,42)(H4,31,32,33). The van der Waals surface area contributed by atoms with Crippen LogP contribution in [0, 0.1) is 11.8 Å². The van der Waals surface area contributed by atoms with Gasteiger partial charge in [-0.3, -0.25) is 33.8 Å². The number of hydrogen-bond acceptors (Lipinski definition) is 7. The molecule has 15 heteroatoms. The van der Waals surface area contributed by atoms with Crippen LogP contribution in [0.5, 0.6) is 0 Å². The van der Waals surface area contributed by atoms with Crippen molar-refractivity contribution in [1.29, 1.82) is 0 Å². The highest BCUT2D eigenvalue weighted by Gasteiger charge is 2.37. The number of nitrogens with one attached hydrogen (secondary N) is 4. The van der Waals surface area contributed by atoms with Crippen LogP contribution in [0.4, 0.5) is 0 Å². The number of nitrogens with two attached hydrogens (primary N) is 2. The molecule has 0 saturated carbocycles. The Labute approximate surface area is 260 Å². The minimum atomic E-state index is -1.45. The Morgan fingerprint density at radius 2 is 1.78 bits per heavy atom. The molecule has 4 atom stereocenters. The van der Waals surface area contributed by atoms with E-state index in [1.165, 1.54) is 11.9 Å². The van der Waals surface area contributed by atoms with Gasteiger partial charge in [-0.1, -0.05) is 32.0 Å². The van der Waals surface area contributed by atoms with Crippen molar-refractivity contribution in [3.8, 4) is 0 Å². The smallest absolute Gasteiger partial charge is 0.305 e. The van der Waals surface area contributed by atoms with E-state index in [2.05, 4.69) is 25.9 Å². The Morgan fingerprint density at radius 1 is 1.07 bits per heavy atom. The number of amides is 4. The molecule has 2 aromatic rings. The topological polar surface area (TPSA) is 242 Å². The Morgan fingerprint density at radius 3 is 2.44 bits per heavy atom. The van der Waals surface area contributed by atoms with Crippen molar-refractivity contribution in [2.45, 2.75) is 64.1 Å². The summed E-state index contributed by atoms with van der Waals surface area (Å²) in [5, 5.41) is 17.9. The zero-order chi connectivity index (χ0) is 33.3. The molecule has 2 heterocycles. The number of para-hydroxylation sites is 1. The van der Waals surface area contributed by atoms with Crippen molar-refractivity contribution in [3.63, 3.8) is 0 Å². The number of carbonyl (C=O) groups excluding carboxylic acids is 5. The number of aliphatic imine (C=N–C) groups is 1. The number of aliphatic carboxylic acids is 1. The zero-order valence-corrected chi connectivity index (χ0v) is 25.7. The first-order valence-electron chi connectivity index (χ1n) is 14.8. The maximum Gasteiger partial charge on any atom is 0.305 e. The maximum absolute atomic E-state index is 14.1. The minimum Gasteiger partial charge on any atom is -0.481 e. The predicted octanol–water partition coefficient (Wildman–Crippen LogP) is -0.603. The average Bonchev–Trinajstić information content (AvgIpc) is 3.38. The Balaban J connectivity index is 2.02. The fourth-order valence-electron chi connectivity index (χ4n) is 5.53. The summed E-state index contributed by atoms with van der Waals surface area (Å²) < 4.78 is 0. The second kappa shape index (κ2) is 15.7. The number of carboxylic acids is 1. The molecule has 1 aromatic carbocycles. The number of H-pyrrole nitrogens is 1. The van der Waals surface area contributed by atoms with Crippen LogP contribution in [0.1, 0.15) is 45.1 Å². The van der Waals surface area contributed by atoms with Gasteiger partial charge in [0.15, 0.2) is 11.7 Å². The number of benzene rings is 1. The molecule has 0 spiro atoms. The molecule has 4 unspecified atom stereocenters. The lowest BCUT2D eigenvalue weighted by molar-refractivity contribution is -0.145. The lowest BCUT2D eigenvalue weighted by Crippen LogP contribution is -2.57. The number of carbonyl (C=O) groups is 6. The average molecular weight is 627 g/mol.